The van der Waals surface area contributed by atoms with Crippen molar-refractivity contribution < 1.29 is 14.3 Å². The molecule has 1 aromatic heterocycles. The number of carbonyl (C=O) groups is 2. The second-order valence-corrected chi connectivity index (χ2v) is 7.13. The number of ether oxygens (including phenoxy) is 1. The second kappa shape index (κ2) is 5.94. The molecule has 1 amide bonds. The Bertz CT molecular complexity index is 1080. The first kappa shape index (κ1) is 17.3. The number of nitrogens with zero attached hydrogens (tertiary/aromatic N) is 3. The first-order valence-corrected chi connectivity index (χ1v) is 8.69. The quantitative estimate of drug-likeness (QED) is 0.723. The number of Topliss-reactive ketones (excluding diaryl/α,β-unsaturated/α-hetero) is 1. The van der Waals surface area contributed by atoms with Crippen LogP contribution in [0.3, 0.4) is 0 Å². The Balaban J connectivity index is 1.63. The van der Waals surface area contributed by atoms with E-state index in [4.69, 9.17) is 4.74 Å². The maximum Gasteiger partial charge on any atom is 0.331 e. The molecule has 1 atom stereocenters. The Morgan fingerprint density at radius 1 is 1.11 bits per heavy atom. The van der Waals surface area contributed by atoms with Crippen LogP contribution in [0.25, 0.3) is 0 Å². The standard InChI is InChI=1S/C19H19N3O5/c1-20-13(9-16(24)21(2)18(20)26)17(25)22-8-7-19(11-22)10-14(23)12-5-3-4-6-15(12)27-19/h3-6,9H,7-8,10-11H2,1-2H3. The van der Waals surface area contributed by atoms with Crippen molar-refractivity contribution in [3.8, 4) is 5.75 Å². The zero-order valence-corrected chi connectivity index (χ0v) is 15.1. The summed E-state index contributed by atoms with van der Waals surface area (Å²) in [4.78, 5) is 51.0. The molecule has 4 rings (SSSR count). The van der Waals surface area contributed by atoms with E-state index < -0.39 is 22.8 Å². The predicted molar refractivity (Wildman–Crippen MR) is 96.2 cm³/mol. The van der Waals surface area contributed by atoms with Gasteiger partial charge in [0.15, 0.2) is 5.78 Å². The largest absolute Gasteiger partial charge is 0.484 e. The fourth-order valence-corrected chi connectivity index (χ4v) is 3.79. The van der Waals surface area contributed by atoms with Gasteiger partial charge < -0.3 is 9.64 Å². The lowest BCUT2D eigenvalue weighted by Gasteiger charge is -2.34. The van der Waals surface area contributed by atoms with Crippen molar-refractivity contribution in [2.24, 2.45) is 14.1 Å². The van der Waals surface area contributed by atoms with E-state index in [0.29, 0.717) is 24.3 Å². The van der Waals surface area contributed by atoms with E-state index in [-0.39, 0.29) is 24.4 Å². The summed E-state index contributed by atoms with van der Waals surface area (Å²) >= 11 is 0. The third-order valence-corrected chi connectivity index (χ3v) is 5.35. The molecule has 0 saturated carbocycles. The van der Waals surface area contributed by atoms with E-state index in [1.54, 1.807) is 24.3 Å². The number of para-hydroxylation sites is 1. The molecular weight excluding hydrogens is 350 g/mol. The third kappa shape index (κ3) is 2.68. The third-order valence-electron chi connectivity index (χ3n) is 5.35. The van der Waals surface area contributed by atoms with Gasteiger partial charge in [0.1, 0.15) is 17.0 Å². The zero-order valence-electron chi connectivity index (χ0n) is 15.1. The minimum atomic E-state index is -0.764. The van der Waals surface area contributed by atoms with Crippen LogP contribution in [0.2, 0.25) is 0 Å². The Hall–Kier alpha value is -3.16. The Labute approximate surface area is 154 Å². The van der Waals surface area contributed by atoms with Gasteiger partial charge in [0, 0.05) is 33.1 Å². The van der Waals surface area contributed by atoms with Gasteiger partial charge in [0.25, 0.3) is 11.5 Å². The molecule has 0 N–H and O–H groups in total. The Kier molecular flexibility index (Phi) is 3.80. The highest BCUT2D eigenvalue weighted by atomic mass is 16.5. The molecule has 1 unspecified atom stereocenters. The minimum absolute atomic E-state index is 0.00729. The Morgan fingerprint density at radius 2 is 1.85 bits per heavy atom. The van der Waals surface area contributed by atoms with Gasteiger partial charge in [0.2, 0.25) is 0 Å². The summed E-state index contributed by atoms with van der Waals surface area (Å²) in [6.07, 6.45) is 0.709. The van der Waals surface area contributed by atoms with Gasteiger partial charge in [0.05, 0.1) is 18.5 Å². The molecule has 3 heterocycles. The van der Waals surface area contributed by atoms with Gasteiger partial charge in [-0.2, -0.15) is 0 Å². The van der Waals surface area contributed by atoms with Crippen LogP contribution in [0.1, 0.15) is 33.7 Å². The monoisotopic (exact) mass is 369 g/mol. The maximum absolute atomic E-state index is 12.9. The smallest absolute Gasteiger partial charge is 0.331 e. The van der Waals surface area contributed by atoms with Gasteiger partial charge in [-0.25, -0.2) is 4.79 Å². The molecule has 2 aliphatic rings. The lowest BCUT2D eigenvalue weighted by atomic mass is 9.89. The normalized spacial score (nSPS) is 21.3. The summed E-state index contributed by atoms with van der Waals surface area (Å²) < 4.78 is 8.22. The van der Waals surface area contributed by atoms with E-state index in [2.05, 4.69) is 0 Å². The number of rotatable bonds is 1. The molecule has 1 aromatic carbocycles. The number of aromatic nitrogens is 2. The second-order valence-electron chi connectivity index (χ2n) is 7.13. The number of hydrogen-bond donors (Lipinski definition) is 0. The molecule has 0 bridgehead atoms. The molecule has 1 spiro atoms. The number of ketones is 1. The summed E-state index contributed by atoms with van der Waals surface area (Å²) in [5.74, 6) is 0.107. The van der Waals surface area contributed by atoms with Crippen molar-refractivity contribution in [2.75, 3.05) is 13.1 Å². The molecule has 8 nitrogen and oxygen atoms in total. The number of fused-ring (bicyclic) bond motifs is 1. The predicted octanol–water partition coefficient (Wildman–Crippen LogP) is 0.334. The van der Waals surface area contributed by atoms with Crippen molar-refractivity contribution in [3.05, 3.63) is 62.4 Å². The molecule has 1 fully saturated rings. The summed E-state index contributed by atoms with van der Waals surface area (Å²) in [6.45, 7) is 0.618. The zero-order chi connectivity index (χ0) is 19.3. The van der Waals surface area contributed by atoms with Gasteiger partial charge >= 0.3 is 5.69 Å². The van der Waals surface area contributed by atoms with Crippen LogP contribution in [-0.2, 0) is 14.1 Å². The molecule has 0 radical (unpaired) electrons. The van der Waals surface area contributed by atoms with E-state index in [0.717, 1.165) is 15.2 Å². The van der Waals surface area contributed by atoms with Crippen LogP contribution in [0.5, 0.6) is 5.75 Å². The number of amides is 1. The van der Waals surface area contributed by atoms with Gasteiger partial charge in [-0.05, 0) is 12.1 Å². The maximum atomic E-state index is 12.9. The topological polar surface area (TPSA) is 90.6 Å². The van der Waals surface area contributed by atoms with E-state index in [1.165, 1.54) is 19.0 Å². The van der Waals surface area contributed by atoms with Gasteiger partial charge in [-0.3, -0.25) is 23.5 Å². The lowest BCUT2D eigenvalue weighted by molar-refractivity contribution is 0.0426. The van der Waals surface area contributed by atoms with Crippen LogP contribution in [0.15, 0.2) is 39.9 Å². The molecule has 1 saturated heterocycles. The molecule has 2 aromatic rings. The van der Waals surface area contributed by atoms with Crippen LogP contribution in [-0.4, -0.2) is 44.4 Å². The van der Waals surface area contributed by atoms with E-state index >= 15 is 0 Å². The van der Waals surface area contributed by atoms with Gasteiger partial charge in [-0.1, -0.05) is 12.1 Å². The average Bonchev–Trinajstić information content (AvgIpc) is 3.05. The minimum Gasteiger partial charge on any atom is -0.484 e. The fraction of sp³-hybridized carbons (Fsp3) is 0.368. The van der Waals surface area contributed by atoms with Crippen molar-refractivity contribution in [3.63, 3.8) is 0 Å². The SMILES string of the molecule is Cn1c(C(=O)N2CCC3(CC(=O)c4ccccc4O3)C2)cc(=O)n(C)c1=O. The lowest BCUT2D eigenvalue weighted by Crippen LogP contribution is -2.46. The fourth-order valence-electron chi connectivity index (χ4n) is 3.79. The van der Waals surface area contributed by atoms with Crippen molar-refractivity contribution in [2.45, 2.75) is 18.4 Å². The number of likely N-dealkylation sites (tertiary alicyclic amines) is 1. The Morgan fingerprint density at radius 3 is 2.63 bits per heavy atom. The highest BCUT2D eigenvalue weighted by Gasteiger charge is 2.47. The summed E-state index contributed by atoms with van der Waals surface area (Å²) in [5, 5.41) is 0. The number of carbonyl (C=O) groups excluding carboxylic acids is 2. The van der Waals surface area contributed by atoms with Crippen LogP contribution < -0.4 is 16.0 Å². The molecule has 8 heteroatoms. The summed E-state index contributed by atoms with van der Waals surface area (Å²) in [5.41, 5.74) is -1.27. The van der Waals surface area contributed by atoms with Crippen molar-refractivity contribution in [1.82, 2.24) is 14.0 Å². The van der Waals surface area contributed by atoms with Crippen LogP contribution in [0.4, 0.5) is 0 Å². The molecule has 140 valence electrons. The van der Waals surface area contributed by atoms with Crippen LogP contribution in [0, 0.1) is 0 Å². The summed E-state index contributed by atoms with van der Waals surface area (Å²) in [6, 6.07) is 8.25. The molecule has 27 heavy (non-hydrogen) atoms. The highest BCUT2D eigenvalue weighted by Crippen LogP contribution is 2.38. The first-order valence-electron chi connectivity index (χ1n) is 8.69. The molecule has 0 aliphatic carbocycles. The number of benzene rings is 1. The van der Waals surface area contributed by atoms with E-state index in [1.807, 2.05) is 0 Å². The molecular formula is C19H19N3O5. The highest BCUT2D eigenvalue weighted by molar-refractivity contribution is 6.00. The van der Waals surface area contributed by atoms with Gasteiger partial charge in [-0.15, -0.1) is 0 Å². The number of hydrogen-bond acceptors (Lipinski definition) is 5. The summed E-state index contributed by atoms with van der Waals surface area (Å²) in [7, 11) is 2.82. The average molecular weight is 369 g/mol. The first-order chi connectivity index (χ1) is 12.8. The van der Waals surface area contributed by atoms with E-state index in [9.17, 15) is 19.2 Å². The molecule has 2 aliphatic heterocycles. The van der Waals surface area contributed by atoms with Crippen molar-refractivity contribution >= 4 is 11.7 Å². The van der Waals surface area contributed by atoms with Crippen LogP contribution >= 0.6 is 0 Å². The van der Waals surface area contributed by atoms with Crippen molar-refractivity contribution in [1.29, 1.82) is 0 Å².